The van der Waals surface area contributed by atoms with Crippen molar-refractivity contribution in [3.05, 3.63) is 24.0 Å². The molecule has 3 N–H and O–H groups in total. The predicted molar refractivity (Wildman–Crippen MR) is 45.9 cm³/mol. The molecule has 2 heterocycles. The van der Waals surface area contributed by atoms with Crippen molar-refractivity contribution in [3.63, 3.8) is 0 Å². The van der Waals surface area contributed by atoms with Crippen molar-refractivity contribution >= 4 is 23.0 Å². The monoisotopic (exact) mass is 161 g/mol. The van der Waals surface area contributed by atoms with Crippen molar-refractivity contribution in [3.8, 4) is 0 Å². The largest absolute Gasteiger partial charge is 0.383 e. The topological polar surface area (TPSA) is 71.8 Å². The number of H-pyrrole nitrogens is 1. The first-order valence-electron chi connectivity index (χ1n) is 3.49. The van der Waals surface area contributed by atoms with Crippen LogP contribution in [0.4, 0.5) is 5.82 Å². The Bertz CT molecular complexity index is 433. The van der Waals surface area contributed by atoms with E-state index in [1.165, 1.54) is 0 Å². The number of carbonyl (C=O) groups excluding carboxylic acids is 1. The van der Waals surface area contributed by atoms with Gasteiger partial charge in [0.2, 0.25) is 0 Å². The van der Waals surface area contributed by atoms with Crippen LogP contribution >= 0.6 is 0 Å². The van der Waals surface area contributed by atoms with Crippen LogP contribution < -0.4 is 5.73 Å². The lowest BCUT2D eigenvalue weighted by Crippen LogP contribution is -1.88. The molecular weight excluding hydrogens is 154 g/mol. The van der Waals surface area contributed by atoms with E-state index in [0.29, 0.717) is 11.5 Å². The number of aromatic amines is 1. The molecule has 0 aliphatic heterocycles. The van der Waals surface area contributed by atoms with Crippen molar-refractivity contribution in [2.45, 2.75) is 0 Å². The smallest absolute Gasteiger partial charge is 0.166 e. The summed E-state index contributed by atoms with van der Waals surface area (Å²) in [4.78, 5) is 17.2. The van der Waals surface area contributed by atoms with E-state index in [2.05, 4.69) is 9.97 Å². The van der Waals surface area contributed by atoms with Crippen LogP contribution in [0.2, 0.25) is 0 Å². The number of nitrogens with zero attached hydrogens (tertiary/aromatic N) is 1. The zero-order valence-corrected chi connectivity index (χ0v) is 6.24. The molecule has 2 aromatic heterocycles. The second kappa shape index (κ2) is 2.34. The fourth-order valence-electron chi connectivity index (χ4n) is 1.16. The molecule has 0 aliphatic rings. The molecule has 60 valence electrons. The zero-order chi connectivity index (χ0) is 8.55. The van der Waals surface area contributed by atoms with E-state index in [1.807, 2.05) is 0 Å². The summed E-state index contributed by atoms with van der Waals surface area (Å²) in [5.41, 5.74) is 6.93. The van der Waals surface area contributed by atoms with Gasteiger partial charge in [-0.1, -0.05) is 0 Å². The molecule has 0 unspecified atom stereocenters. The van der Waals surface area contributed by atoms with E-state index >= 15 is 0 Å². The molecule has 0 amide bonds. The second-order valence-electron chi connectivity index (χ2n) is 2.50. The van der Waals surface area contributed by atoms with Gasteiger partial charge in [0, 0.05) is 11.6 Å². The first-order chi connectivity index (χ1) is 5.81. The van der Waals surface area contributed by atoms with E-state index in [1.54, 1.807) is 18.3 Å². The van der Waals surface area contributed by atoms with Crippen LogP contribution in [-0.2, 0) is 0 Å². The molecule has 2 rings (SSSR count). The summed E-state index contributed by atoms with van der Waals surface area (Å²) in [6, 6.07) is 3.46. The van der Waals surface area contributed by atoms with Gasteiger partial charge in [-0.15, -0.1) is 0 Å². The van der Waals surface area contributed by atoms with Crippen molar-refractivity contribution in [2.75, 3.05) is 5.73 Å². The molecule has 0 saturated carbocycles. The first kappa shape index (κ1) is 6.84. The standard InChI is InChI=1S/C8H7N3O/c9-8-6-3-5(4-12)11-7(6)1-2-10-8/h1-4,11H,(H2,9,10). The van der Waals surface area contributed by atoms with Crippen molar-refractivity contribution in [2.24, 2.45) is 0 Å². The number of nitrogens with two attached hydrogens (primary N) is 1. The molecule has 0 saturated heterocycles. The maximum Gasteiger partial charge on any atom is 0.166 e. The molecule has 0 spiro atoms. The lowest BCUT2D eigenvalue weighted by atomic mass is 10.3. The van der Waals surface area contributed by atoms with Gasteiger partial charge in [-0.25, -0.2) is 4.98 Å². The van der Waals surface area contributed by atoms with Gasteiger partial charge in [-0.05, 0) is 12.1 Å². The van der Waals surface area contributed by atoms with Gasteiger partial charge >= 0.3 is 0 Å². The Kier molecular flexibility index (Phi) is 1.33. The Morgan fingerprint density at radius 2 is 2.42 bits per heavy atom. The quantitative estimate of drug-likeness (QED) is 0.612. The van der Waals surface area contributed by atoms with Crippen LogP contribution in [0.1, 0.15) is 10.5 Å². The SMILES string of the molecule is Nc1nccc2[nH]c(C=O)cc12. The highest BCUT2D eigenvalue weighted by Gasteiger charge is 2.02. The minimum absolute atomic E-state index is 0.442. The molecule has 4 heteroatoms. The number of fused-ring (bicyclic) bond motifs is 1. The molecule has 0 fully saturated rings. The van der Waals surface area contributed by atoms with E-state index < -0.39 is 0 Å². The number of hydrogen-bond donors (Lipinski definition) is 2. The molecule has 0 aromatic carbocycles. The van der Waals surface area contributed by atoms with Gasteiger partial charge in [0.25, 0.3) is 0 Å². The number of nitrogens with one attached hydrogen (secondary N) is 1. The van der Waals surface area contributed by atoms with E-state index in [4.69, 9.17) is 5.73 Å². The molecule has 0 aliphatic carbocycles. The number of aromatic nitrogens is 2. The Morgan fingerprint density at radius 3 is 3.08 bits per heavy atom. The fourth-order valence-corrected chi connectivity index (χ4v) is 1.16. The van der Waals surface area contributed by atoms with Crippen molar-refractivity contribution in [1.29, 1.82) is 0 Å². The van der Waals surface area contributed by atoms with Crippen LogP contribution in [0.15, 0.2) is 18.3 Å². The van der Waals surface area contributed by atoms with Gasteiger partial charge in [0.15, 0.2) is 6.29 Å². The summed E-state index contributed by atoms with van der Waals surface area (Å²) in [7, 11) is 0. The predicted octanol–water partition coefficient (Wildman–Crippen LogP) is 0.958. The minimum atomic E-state index is 0.442. The number of hydrogen-bond acceptors (Lipinski definition) is 3. The molecule has 0 bridgehead atoms. The van der Waals surface area contributed by atoms with Gasteiger partial charge < -0.3 is 10.7 Å². The number of nitrogen functional groups attached to an aromatic ring is 1. The van der Waals surface area contributed by atoms with Gasteiger partial charge in [-0.2, -0.15) is 0 Å². The number of rotatable bonds is 1. The number of anilines is 1. The lowest BCUT2D eigenvalue weighted by Gasteiger charge is -1.91. The highest BCUT2D eigenvalue weighted by Crippen LogP contribution is 2.18. The number of pyridine rings is 1. The maximum absolute atomic E-state index is 10.4. The highest BCUT2D eigenvalue weighted by atomic mass is 16.1. The van der Waals surface area contributed by atoms with Crippen LogP contribution in [0, 0.1) is 0 Å². The second-order valence-corrected chi connectivity index (χ2v) is 2.50. The summed E-state index contributed by atoms with van der Waals surface area (Å²) in [6.45, 7) is 0. The first-order valence-corrected chi connectivity index (χ1v) is 3.49. The molecule has 4 nitrogen and oxygen atoms in total. The molecule has 0 radical (unpaired) electrons. The van der Waals surface area contributed by atoms with E-state index in [-0.39, 0.29) is 0 Å². The summed E-state index contributed by atoms with van der Waals surface area (Å²) >= 11 is 0. The maximum atomic E-state index is 10.4. The van der Waals surface area contributed by atoms with Gasteiger partial charge in [0.1, 0.15) is 5.82 Å². The highest BCUT2D eigenvalue weighted by molar-refractivity contribution is 5.93. The normalized spacial score (nSPS) is 10.3. The van der Waals surface area contributed by atoms with Gasteiger partial charge in [-0.3, -0.25) is 4.79 Å². The molecule has 0 atom stereocenters. The number of carbonyl (C=O) groups is 1. The van der Waals surface area contributed by atoms with Crippen molar-refractivity contribution in [1.82, 2.24) is 9.97 Å². The Morgan fingerprint density at radius 1 is 1.58 bits per heavy atom. The average Bonchev–Trinajstić information content (AvgIpc) is 2.49. The van der Waals surface area contributed by atoms with Crippen LogP contribution in [0.5, 0.6) is 0 Å². The van der Waals surface area contributed by atoms with Gasteiger partial charge in [0.05, 0.1) is 11.2 Å². The summed E-state index contributed by atoms with van der Waals surface area (Å²) < 4.78 is 0. The zero-order valence-electron chi connectivity index (χ0n) is 6.24. The lowest BCUT2D eigenvalue weighted by molar-refractivity contribution is 0.112. The summed E-state index contributed by atoms with van der Waals surface area (Å²) in [5.74, 6) is 0.442. The Balaban J connectivity index is 2.82. The third-order valence-corrected chi connectivity index (χ3v) is 1.73. The van der Waals surface area contributed by atoms with Crippen LogP contribution in [0.3, 0.4) is 0 Å². The van der Waals surface area contributed by atoms with E-state index in [0.717, 1.165) is 17.2 Å². The number of aldehydes is 1. The fraction of sp³-hybridized carbons (Fsp3) is 0. The molecule has 12 heavy (non-hydrogen) atoms. The Hall–Kier alpha value is -1.84. The molecule has 2 aromatic rings. The van der Waals surface area contributed by atoms with Crippen LogP contribution in [0.25, 0.3) is 10.9 Å². The Labute approximate surface area is 68.4 Å². The summed E-state index contributed by atoms with van der Waals surface area (Å²) in [5, 5.41) is 0.791. The molecular formula is C8H7N3O. The minimum Gasteiger partial charge on any atom is -0.383 e. The third kappa shape index (κ3) is 0.852. The summed E-state index contributed by atoms with van der Waals surface area (Å²) in [6.07, 6.45) is 2.35. The van der Waals surface area contributed by atoms with Crippen LogP contribution in [-0.4, -0.2) is 16.3 Å². The third-order valence-electron chi connectivity index (χ3n) is 1.73. The van der Waals surface area contributed by atoms with Crippen molar-refractivity contribution < 1.29 is 4.79 Å². The van der Waals surface area contributed by atoms with E-state index in [9.17, 15) is 4.79 Å². The average molecular weight is 161 g/mol.